The Bertz CT molecular complexity index is 1020. The number of carbonyl (C=O) groups is 3. The molecule has 0 saturated carbocycles. The Balaban J connectivity index is 0.000000184. The predicted octanol–water partition coefficient (Wildman–Crippen LogP) is 3.74. The molecule has 2 aromatic carbocycles. The number of ketones is 1. The zero-order chi connectivity index (χ0) is 19.6. The zero-order valence-electron chi connectivity index (χ0n) is 14.8. The van der Waals surface area contributed by atoms with Crippen LogP contribution < -0.4 is 0 Å². The molecule has 0 amide bonds. The maximum absolute atomic E-state index is 11.0. The smallest absolute Gasteiger partial charge is 0.372 e. The Morgan fingerprint density at radius 2 is 1.59 bits per heavy atom. The minimum Gasteiger partial charge on any atom is -0.475 e. The molecule has 0 aliphatic rings. The van der Waals surface area contributed by atoms with Gasteiger partial charge in [0.05, 0.1) is 0 Å². The molecule has 138 valence electrons. The maximum Gasteiger partial charge on any atom is 0.372 e. The van der Waals surface area contributed by atoms with Crippen LogP contribution in [0.15, 0.2) is 67.0 Å². The average Bonchev–Trinajstić information content (AvgIpc) is 3.30. The molecule has 0 spiro atoms. The highest BCUT2D eigenvalue weighted by atomic mass is 16.4. The van der Waals surface area contributed by atoms with E-state index in [0.29, 0.717) is 0 Å². The molecule has 0 bridgehead atoms. The quantitative estimate of drug-likeness (QED) is 0.380. The third-order valence-electron chi connectivity index (χ3n) is 3.73. The van der Waals surface area contributed by atoms with E-state index in [2.05, 4.69) is 28.2 Å². The lowest BCUT2D eigenvalue weighted by atomic mass is 10.1. The number of rotatable bonds is 3. The SMILES string of the molecule is CC=O.O=C(O)C(=O)Cc1c[nH]c2ccccc12.c1ccc2[nH]ccc2c1. The number of carbonyl (C=O) groups excluding carboxylic acids is 2. The fourth-order valence-electron chi connectivity index (χ4n) is 2.52. The van der Waals surface area contributed by atoms with Crippen molar-refractivity contribution >= 4 is 39.8 Å². The van der Waals surface area contributed by atoms with Crippen molar-refractivity contribution in [1.82, 2.24) is 9.97 Å². The van der Waals surface area contributed by atoms with Crippen LogP contribution in [-0.4, -0.2) is 33.1 Å². The minimum atomic E-state index is -1.39. The fourth-order valence-corrected chi connectivity index (χ4v) is 2.52. The van der Waals surface area contributed by atoms with Gasteiger partial charge >= 0.3 is 5.97 Å². The summed E-state index contributed by atoms with van der Waals surface area (Å²) < 4.78 is 0. The van der Waals surface area contributed by atoms with Crippen molar-refractivity contribution in [1.29, 1.82) is 0 Å². The molecule has 0 aliphatic heterocycles. The lowest BCUT2D eigenvalue weighted by molar-refractivity contribution is -0.148. The van der Waals surface area contributed by atoms with Crippen LogP contribution in [0.5, 0.6) is 0 Å². The standard InChI is InChI=1S/C11H9NO3.C8H7N.C2H4O/c13-10(11(14)15)5-7-6-12-9-4-2-1-3-8(7)9;1-2-4-8-7(3-1)5-6-9-8;1-2-3/h1-4,6,12H,5H2,(H,14,15);1-6,9H;2H,1H3. The van der Waals surface area contributed by atoms with Gasteiger partial charge in [-0.2, -0.15) is 0 Å². The molecule has 0 atom stereocenters. The lowest BCUT2D eigenvalue weighted by Gasteiger charge is -1.94. The van der Waals surface area contributed by atoms with Crippen molar-refractivity contribution in [3.05, 3.63) is 72.6 Å². The maximum atomic E-state index is 11.0. The van der Waals surface area contributed by atoms with Crippen molar-refractivity contribution in [3.63, 3.8) is 0 Å². The first-order valence-electron chi connectivity index (χ1n) is 8.29. The van der Waals surface area contributed by atoms with Gasteiger partial charge < -0.3 is 19.9 Å². The van der Waals surface area contributed by atoms with Crippen LogP contribution in [-0.2, 0) is 20.8 Å². The summed E-state index contributed by atoms with van der Waals surface area (Å²) in [4.78, 5) is 36.4. The van der Waals surface area contributed by atoms with E-state index in [1.807, 2.05) is 42.6 Å². The summed E-state index contributed by atoms with van der Waals surface area (Å²) in [5.41, 5.74) is 2.83. The van der Waals surface area contributed by atoms with Crippen LogP contribution in [0.1, 0.15) is 12.5 Å². The van der Waals surface area contributed by atoms with Crippen LogP contribution in [0, 0.1) is 0 Å². The normalized spacial score (nSPS) is 9.67. The van der Waals surface area contributed by atoms with Crippen LogP contribution in [0.25, 0.3) is 21.8 Å². The third kappa shape index (κ3) is 5.40. The van der Waals surface area contributed by atoms with Gasteiger partial charge in [0.2, 0.25) is 5.78 Å². The van der Waals surface area contributed by atoms with E-state index >= 15 is 0 Å². The van der Waals surface area contributed by atoms with Gasteiger partial charge in [0.25, 0.3) is 0 Å². The second-order valence-electron chi connectivity index (χ2n) is 5.57. The first-order chi connectivity index (χ1) is 13.1. The number of hydrogen-bond acceptors (Lipinski definition) is 3. The molecule has 0 saturated heterocycles. The average molecular weight is 364 g/mol. The molecule has 6 nitrogen and oxygen atoms in total. The molecule has 2 heterocycles. The minimum absolute atomic E-state index is 0.0701. The lowest BCUT2D eigenvalue weighted by Crippen LogP contribution is -2.14. The highest BCUT2D eigenvalue weighted by Gasteiger charge is 2.14. The van der Waals surface area contributed by atoms with Crippen LogP contribution in [0.4, 0.5) is 0 Å². The number of hydrogen-bond donors (Lipinski definition) is 3. The van der Waals surface area contributed by atoms with Crippen LogP contribution in [0.3, 0.4) is 0 Å². The van der Waals surface area contributed by atoms with Gasteiger partial charge in [-0.05, 0) is 36.1 Å². The van der Waals surface area contributed by atoms with Gasteiger partial charge in [0.15, 0.2) is 0 Å². The summed E-state index contributed by atoms with van der Waals surface area (Å²) in [6.45, 7) is 1.44. The number of carboxylic acid groups (broad SMARTS) is 1. The number of benzene rings is 2. The molecule has 0 aliphatic carbocycles. The number of aromatic nitrogens is 2. The Morgan fingerprint density at radius 3 is 2.26 bits per heavy atom. The zero-order valence-corrected chi connectivity index (χ0v) is 14.8. The number of aromatic amines is 2. The van der Waals surface area contributed by atoms with E-state index in [4.69, 9.17) is 9.90 Å². The number of Topliss-reactive ketones (excluding diaryl/α,β-unsaturated/α-hetero) is 1. The van der Waals surface area contributed by atoms with Crippen molar-refractivity contribution in [2.75, 3.05) is 0 Å². The van der Waals surface area contributed by atoms with Crippen molar-refractivity contribution < 1.29 is 19.5 Å². The van der Waals surface area contributed by atoms with Crippen molar-refractivity contribution in [2.24, 2.45) is 0 Å². The Hall–Kier alpha value is -3.67. The molecule has 0 radical (unpaired) electrons. The second kappa shape index (κ2) is 9.72. The summed E-state index contributed by atoms with van der Waals surface area (Å²) in [5, 5.41) is 10.7. The van der Waals surface area contributed by atoms with E-state index in [1.165, 1.54) is 17.8 Å². The monoisotopic (exact) mass is 364 g/mol. The molecule has 0 fully saturated rings. The van der Waals surface area contributed by atoms with Gasteiger partial charge in [0.1, 0.15) is 6.29 Å². The summed E-state index contributed by atoms with van der Waals surface area (Å²) in [5.74, 6) is -2.18. The van der Waals surface area contributed by atoms with Gasteiger partial charge in [-0.3, -0.25) is 4.79 Å². The highest BCUT2D eigenvalue weighted by molar-refractivity contribution is 6.33. The van der Waals surface area contributed by atoms with Gasteiger partial charge in [-0.1, -0.05) is 36.4 Å². The topological polar surface area (TPSA) is 103 Å². The number of nitrogens with one attached hydrogen (secondary N) is 2. The number of fused-ring (bicyclic) bond motifs is 2. The van der Waals surface area contributed by atoms with Crippen LogP contribution in [0.2, 0.25) is 0 Å². The largest absolute Gasteiger partial charge is 0.475 e. The van der Waals surface area contributed by atoms with E-state index in [1.54, 1.807) is 6.20 Å². The van der Waals surface area contributed by atoms with E-state index in [9.17, 15) is 9.59 Å². The molecule has 3 N–H and O–H groups in total. The number of carboxylic acids is 1. The molecular weight excluding hydrogens is 344 g/mol. The number of H-pyrrole nitrogens is 2. The number of aliphatic carboxylic acids is 1. The van der Waals surface area contributed by atoms with Crippen molar-refractivity contribution in [3.8, 4) is 0 Å². The van der Waals surface area contributed by atoms with E-state index in [0.717, 1.165) is 22.8 Å². The Morgan fingerprint density at radius 1 is 0.963 bits per heavy atom. The molecule has 4 aromatic rings. The first-order valence-corrected chi connectivity index (χ1v) is 8.29. The number of aldehydes is 1. The highest BCUT2D eigenvalue weighted by Crippen LogP contribution is 2.18. The summed E-state index contributed by atoms with van der Waals surface area (Å²) in [6.07, 6.45) is 4.30. The van der Waals surface area contributed by atoms with E-state index < -0.39 is 11.8 Å². The summed E-state index contributed by atoms with van der Waals surface area (Å²) in [7, 11) is 0. The van der Waals surface area contributed by atoms with Gasteiger partial charge in [-0.15, -0.1) is 0 Å². The molecule has 2 aromatic heterocycles. The van der Waals surface area contributed by atoms with E-state index in [-0.39, 0.29) is 6.42 Å². The molecule has 6 heteroatoms. The fraction of sp³-hybridized carbons (Fsp3) is 0.0952. The number of para-hydroxylation sites is 2. The van der Waals surface area contributed by atoms with Crippen LogP contribution >= 0.6 is 0 Å². The predicted molar refractivity (Wildman–Crippen MR) is 105 cm³/mol. The second-order valence-corrected chi connectivity index (χ2v) is 5.57. The Labute approximate surface area is 155 Å². The van der Waals surface area contributed by atoms with Gasteiger partial charge in [0, 0.05) is 35.2 Å². The van der Waals surface area contributed by atoms with Crippen molar-refractivity contribution in [2.45, 2.75) is 13.3 Å². The molecule has 4 rings (SSSR count). The summed E-state index contributed by atoms with van der Waals surface area (Å²) >= 11 is 0. The summed E-state index contributed by atoms with van der Waals surface area (Å²) in [6, 6.07) is 17.7. The Kier molecular flexibility index (Phi) is 7.07. The molecular formula is C21H20N2O4. The molecule has 0 unspecified atom stereocenters. The first kappa shape index (κ1) is 19.7. The third-order valence-corrected chi connectivity index (χ3v) is 3.73. The van der Waals surface area contributed by atoms with Gasteiger partial charge in [-0.25, -0.2) is 4.79 Å². The molecule has 27 heavy (non-hydrogen) atoms.